The first-order valence-electron chi connectivity index (χ1n) is 5.65. The average molecular weight is 201 g/mol. The Bertz CT molecular complexity index is 153. The number of hydrogen-bond acceptors (Lipinski definition) is 3. The maximum Gasteiger partial charge on any atom is 0.0881 e. The second kappa shape index (κ2) is 5.69. The third-order valence-electron chi connectivity index (χ3n) is 3.01. The number of nitrogens with one attached hydrogen (secondary N) is 1. The smallest absolute Gasteiger partial charge is 0.0881 e. The molecule has 0 bridgehead atoms. The summed E-state index contributed by atoms with van der Waals surface area (Å²) < 4.78 is 5.03. The zero-order chi connectivity index (χ0) is 10.4. The Morgan fingerprint density at radius 1 is 1.43 bits per heavy atom. The van der Waals surface area contributed by atoms with Crippen molar-refractivity contribution in [2.45, 2.75) is 50.7 Å². The average Bonchev–Trinajstić information content (AvgIpc) is 2.17. The van der Waals surface area contributed by atoms with Gasteiger partial charge in [0.15, 0.2) is 0 Å². The van der Waals surface area contributed by atoms with Crippen LogP contribution in [-0.2, 0) is 4.74 Å². The summed E-state index contributed by atoms with van der Waals surface area (Å²) in [5, 5.41) is 13.6. The summed E-state index contributed by atoms with van der Waals surface area (Å²) >= 11 is 0. The van der Waals surface area contributed by atoms with Gasteiger partial charge >= 0.3 is 0 Å². The number of methoxy groups -OCH3 is 1. The van der Waals surface area contributed by atoms with E-state index in [1.165, 1.54) is 6.42 Å². The van der Waals surface area contributed by atoms with Gasteiger partial charge < -0.3 is 15.2 Å². The number of aliphatic hydroxyl groups is 1. The van der Waals surface area contributed by atoms with E-state index in [0.29, 0.717) is 12.6 Å². The quantitative estimate of drug-likeness (QED) is 0.704. The van der Waals surface area contributed by atoms with Crippen LogP contribution < -0.4 is 5.32 Å². The summed E-state index contributed by atoms with van der Waals surface area (Å²) in [5.74, 6) is 0. The van der Waals surface area contributed by atoms with Crippen molar-refractivity contribution in [3.63, 3.8) is 0 Å². The lowest BCUT2D eigenvalue weighted by Crippen LogP contribution is -2.44. The van der Waals surface area contributed by atoms with Crippen molar-refractivity contribution >= 4 is 0 Å². The van der Waals surface area contributed by atoms with Gasteiger partial charge in [-0.05, 0) is 38.6 Å². The highest BCUT2D eigenvalue weighted by atomic mass is 16.5. The molecule has 0 unspecified atom stereocenters. The second-order valence-electron chi connectivity index (χ2n) is 4.39. The molecule has 2 N–H and O–H groups in total. The van der Waals surface area contributed by atoms with Crippen LogP contribution in [0.15, 0.2) is 0 Å². The lowest BCUT2D eigenvalue weighted by molar-refractivity contribution is -0.0602. The van der Waals surface area contributed by atoms with Gasteiger partial charge in [-0.1, -0.05) is 6.92 Å². The topological polar surface area (TPSA) is 41.5 Å². The molecule has 1 saturated carbocycles. The third kappa shape index (κ3) is 3.56. The van der Waals surface area contributed by atoms with Crippen LogP contribution in [0.4, 0.5) is 0 Å². The minimum Gasteiger partial charge on any atom is -0.387 e. The van der Waals surface area contributed by atoms with Crippen molar-refractivity contribution in [2.75, 3.05) is 20.3 Å². The largest absolute Gasteiger partial charge is 0.387 e. The Balaban J connectivity index is 2.23. The Kier molecular flexibility index (Phi) is 4.85. The highest BCUT2D eigenvalue weighted by Gasteiger charge is 2.32. The first kappa shape index (κ1) is 12.0. The molecular formula is C11H23NO2. The summed E-state index contributed by atoms with van der Waals surface area (Å²) in [4.78, 5) is 0. The minimum absolute atomic E-state index is 0.480. The maximum absolute atomic E-state index is 10.1. The molecule has 0 aliphatic heterocycles. The molecular weight excluding hydrogens is 178 g/mol. The van der Waals surface area contributed by atoms with Crippen LogP contribution in [0.2, 0.25) is 0 Å². The zero-order valence-corrected chi connectivity index (χ0v) is 9.38. The highest BCUT2D eigenvalue weighted by Crippen LogP contribution is 2.28. The van der Waals surface area contributed by atoms with E-state index >= 15 is 0 Å². The molecule has 0 aromatic heterocycles. The molecule has 0 aromatic carbocycles. The molecule has 0 heterocycles. The Morgan fingerprint density at radius 2 is 2.07 bits per heavy atom. The van der Waals surface area contributed by atoms with Gasteiger partial charge in [-0.25, -0.2) is 0 Å². The fourth-order valence-corrected chi connectivity index (χ4v) is 2.12. The van der Waals surface area contributed by atoms with E-state index < -0.39 is 5.60 Å². The van der Waals surface area contributed by atoms with Crippen molar-refractivity contribution < 1.29 is 9.84 Å². The SMILES string of the molecule is CCCNC1CCC(O)(COC)CC1. The summed E-state index contributed by atoms with van der Waals surface area (Å²) in [6.07, 6.45) is 5.04. The summed E-state index contributed by atoms with van der Waals surface area (Å²) in [6.45, 7) is 3.75. The summed E-state index contributed by atoms with van der Waals surface area (Å²) in [6, 6.07) is 0.604. The molecule has 1 fully saturated rings. The van der Waals surface area contributed by atoms with Crippen LogP contribution in [0, 0.1) is 0 Å². The summed E-state index contributed by atoms with van der Waals surface area (Å²) in [7, 11) is 1.65. The van der Waals surface area contributed by atoms with Gasteiger partial charge in [0, 0.05) is 13.2 Å². The van der Waals surface area contributed by atoms with E-state index in [-0.39, 0.29) is 0 Å². The Morgan fingerprint density at radius 3 is 2.57 bits per heavy atom. The molecule has 84 valence electrons. The van der Waals surface area contributed by atoms with E-state index in [9.17, 15) is 5.11 Å². The molecule has 1 aliphatic carbocycles. The van der Waals surface area contributed by atoms with Crippen LogP contribution in [0.3, 0.4) is 0 Å². The predicted molar refractivity (Wildman–Crippen MR) is 57.4 cm³/mol. The maximum atomic E-state index is 10.1. The van der Waals surface area contributed by atoms with Crippen LogP contribution in [0.5, 0.6) is 0 Å². The van der Waals surface area contributed by atoms with Gasteiger partial charge in [0.1, 0.15) is 0 Å². The molecule has 3 nitrogen and oxygen atoms in total. The van der Waals surface area contributed by atoms with Crippen LogP contribution in [0.1, 0.15) is 39.0 Å². The molecule has 1 rings (SSSR count). The van der Waals surface area contributed by atoms with Crippen molar-refractivity contribution in [2.24, 2.45) is 0 Å². The van der Waals surface area contributed by atoms with Crippen molar-refractivity contribution in [1.29, 1.82) is 0 Å². The molecule has 3 heteroatoms. The lowest BCUT2D eigenvalue weighted by atomic mass is 9.83. The lowest BCUT2D eigenvalue weighted by Gasteiger charge is -2.35. The van der Waals surface area contributed by atoms with Crippen LogP contribution in [-0.4, -0.2) is 37.0 Å². The standard InChI is InChI=1S/C11H23NO2/c1-3-8-12-10-4-6-11(13,7-5-10)9-14-2/h10,12-13H,3-9H2,1-2H3. The highest BCUT2D eigenvalue weighted by molar-refractivity contribution is 4.87. The normalized spacial score (nSPS) is 33.2. The van der Waals surface area contributed by atoms with E-state index in [0.717, 1.165) is 32.2 Å². The zero-order valence-electron chi connectivity index (χ0n) is 9.38. The number of rotatable bonds is 5. The van der Waals surface area contributed by atoms with Crippen molar-refractivity contribution in [1.82, 2.24) is 5.32 Å². The molecule has 0 amide bonds. The van der Waals surface area contributed by atoms with E-state index in [1.807, 2.05) is 0 Å². The van der Waals surface area contributed by atoms with Gasteiger partial charge in [-0.2, -0.15) is 0 Å². The van der Waals surface area contributed by atoms with Gasteiger partial charge in [-0.15, -0.1) is 0 Å². The molecule has 14 heavy (non-hydrogen) atoms. The van der Waals surface area contributed by atoms with Gasteiger partial charge in [-0.3, -0.25) is 0 Å². The van der Waals surface area contributed by atoms with Gasteiger partial charge in [0.2, 0.25) is 0 Å². The van der Waals surface area contributed by atoms with Crippen LogP contribution >= 0.6 is 0 Å². The van der Waals surface area contributed by atoms with Crippen molar-refractivity contribution in [3.8, 4) is 0 Å². The molecule has 0 aromatic rings. The predicted octanol–water partition coefficient (Wildman–Crippen LogP) is 1.31. The van der Waals surface area contributed by atoms with E-state index in [1.54, 1.807) is 7.11 Å². The molecule has 0 spiro atoms. The number of hydrogen-bond donors (Lipinski definition) is 2. The third-order valence-corrected chi connectivity index (χ3v) is 3.01. The van der Waals surface area contributed by atoms with Gasteiger partial charge in [0.05, 0.1) is 12.2 Å². The molecule has 1 aliphatic rings. The monoisotopic (exact) mass is 201 g/mol. The first-order chi connectivity index (χ1) is 6.70. The summed E-state index contributed by atoms with van der Waals surface area (Å²) in [5.41, 5.74) is -0.556. The van der Waals surface area contributed by atoms with E-state index in [4.69, 9.17) is 4.74 Å². The number of ether oxygens (including phenoxy) is 1. The first-order valence-corrected chi connectivity index (χ1v) is 5.65. The minimum atomic E-state index is -0.556. The Hall–Kier alpha value is -0.120. The van der Waals surface area contributed by atoms with E-state index in [2.05, 4.69) is 12.2 Å². The fourth-order valence-electron chi connectivity index (χ4n) is 2.12. The molecule has 0 atom stereocenters. The molecule has 0 saturated heterocycles. The second-order valence-corrected chi connectivity index (χ2v) is 4.39. The fraction of sp³-hybridized carbons (Fsp3) is 1.00. The van der Waals surface area contributed by atoms with Gasteiger partial charge in [0.25, 0.3) is 0 Å². The van der Waals surface area contributed by atoms with Crippen LogP contribution in [0.25, 0.3) is 0 Å². The van der Waals surface area contributed by atoms with Crippen molar-refractivity contribution in [3.05, 3.63) is 0 Å². The molecule has 0 radical (unpaired) electrons. The Labute approximate surface area is 86.8 Å².